The monoisotopic (exact) mass is 322 g/mol. The first-order valence-corrected chi connectivity index (χ1v) is 8.81. The van der Waals surface area contributed by atoms with Gasteiger partial charge in [0, 0.05) is 17.4 Å². The summed E-state index contributed by atoms with van der Waals surface area (Å²) in [6, 6.07) is 9.09. The van der Waals surface area contributed by atoms with Gasteiger partial charge in [-0.2, -0.15) is 10.4 Å². The smallest absolute Gasteiger partial charge is 0.225 e. The zero-order valence-corrected chi connectivity index (χ0v) is 14.2. The van der Waals surface area contributed by atoms with E-state index in [1.165, 1.54) is 36.6 Å². The van der Waals surface area contributed by atoms with Gasteiger partial charge >= 0.3 is 0 Å². The molecule has 2 aliphatic rings. The molecule has 1 unspecified atom stereocenters. The van der Waals surface area contributed by atoms with E-state index < -0.39 is 5.60 Å². The fourth-order valence-corrected chi connectivity index (χ4v) is 3.83. The third-order valence-electron chi connectivity index (χ3n) is 5.22. The second-order valence-electron chi connectivity index (χ2n) is 7.06. The van der Waals surface area contributed by atoms with Crippen LogP contribution in [0.5, 0.6) is 0 Å². The molecule has 5 heteroatoms. The number of fused-ring (bicyclic) bond motifs is 1. The number of rotatable bonds is 3. The molecule has 0 radical (unpaired) electrons. The van der Waals surface area contributed by atoms with Crippen LogP contribution in [0.15, 0.2) is 23.4 Å². The molecule has 0 spiro atoms. The maximum Gasteiger partial charge on any atom is 0.225 e. The van der Waals surface area contributed by atoms with Crippen molar-refractivity contribution in [2.75, 3.05) is 0 Å². The number of nitrogens with zero attached hydrogens (tertiary/aromatic N) is 4. The highest BCUT2D eigenvalue weighted by Gasteiger charge is 2.35. The normalized spacial score (nSPS) is 24.1. The van der Waals surface area contributed by atoms with Gasteiger partial charge in [-0.3, -0.25) is 4.68 Å². The minimum Gasteiger partial charge on any atom is -0.374 e. The van der Waals surface area contributed by atoms with Crippen molar-refractivity contribution in [3.8, 4) is 6.07 Å². The molecular weight excluding hydrogens is 300 g/mol. The van der Waals surface area contributed by atoms with Gasteiger partial charge in [0.1, 0.15) is 6.07 Å². The molecule has 0 bridgehead atoms. The first-order chi connectivity index (χ1) is 11.6. The van der Waals surface area contributed by atoms with Crippen LogP contribution in [0.3, 0.4) is 0 Å². The van der Waals surface area contributed by atoms with Crippen LogP contribution in [0.25, 0.3) is 10.9 Å². The summed E-state index contributed by atoms with van der Waals surface area (Å²) in [6.45, 7) is 3.93. The minimum absolute atomic E-state index is 0.509. The van der Waals surface area contributed by atoms with Crippen LogP contribution in [0.2, 0.25) is 0 Å². The first-order valence-electron chi connectivity index (χ1n) is 8.81. The molecule has 1 aliphatic carbocycles. The van der Waals surface area contributed by atoms with E-state index in [1.54, 1.807) is 6.92 Å². The summed E-state index contributed by atoms with van der Waals surface area (Å²) in [7, 11) is 0. The molecule has 1 aliphatic heterocycles. The zero-order chi connectivity index (χ0) is 16.7. The minimum atomic E-state index is -0.843. The van der Waals surface area contributed by atoms with Gasteiger partial charge in [-0.1, -0.05) is 37.1 Å². The lowest BCUT2D eigenvalue weighted by molar-refractivity contribution is 0.0425. The molecule has 2 aromatic rings. The zero-order valence-electron chi connectivity index (χ0n) is 14.2. The Labute approximate surface area is 141 Å². The van der Waals surface area contributed by atoms with Crippen LogP contribution >= 0.6 is 0 Å². The molecular formula is C19H22N4O. The summed E-state index contributed by atoms with van der Waals surface area (Å²) in [5.74, 6) is 0. The number of hydrogen-bond acceptors (Lipinski definition) is 4. The maximum absolute atomic E-state index is 9.22. The Morgan fingerprint density at radius 2 is 2.17 bits per heavy atom. The number of aryl methyl sites for hydroxylation is 1. The average Bonchev–Trinajstić information content (AvgIpc) is 3.32. The van der Waals surface area contributed by atoms with Gasteiger partial charge in [-0.15, -0.1) is 0 Å². The Kier molecular flexibility index (Phi) is 3.56. The fourth-order valence-electron chi connectivity index (χ4n) is 3.83. The molecule has 1 aromatic heterocycles. The quantitative estimate of drug-likeness (QED) is 0.854. The van der Waals surface area contributed by atoms with Gasteiger partial charge < -0.3 is 4.84 Å². The largest absolute Gasteiger partial charge is 0.374 e. The standard InChI is InChI=1S/C19H22N4O/c1-3-16-15-9-8-13(17-11-19(2,12-20)24-22-17)10-18(15)23(21-16)14-6-4-5-7-14/h8-10,14H,3-7,11H2,1-2H3. The summed E-state index contributed by atoms with van der Waals surface area (Å²) in [5, 5.41) is 19.5. The van der Waals surface area contributed by atoms with Crippen molar-refractivity contribution in [1.29, 1.82) is 5.26 Å². The summed E-state index contributed by atoms with van der Waals surface area (Å²) in [6.07, 6.45) is 6.45. The van der Waals surface area contributed by atoms with Gasteiger partial charge in [0.05, 0.1) is 23.0 Å². The van der Waals surface area contributed by atoms with Crippen LogP contribution in [0.4, 0.5) is 0 Å². The highest BCUT2D eigenvalue weighted by molar-refractivity contribution is 6.04. The van der Waals surface area contributed by atoms with E-state index in [9.17, 15) is 5.26 Å². The molecule has 0 amide bonds. The Bertz CT molecular complexity index is 854. The van der Waals surface area contributed by atoms with Crippen LogP contribution in [0, 0.1) is 11.3 Å². The van der Waals surface area contributed by atoms with Crippen molar-refractivity contribution in [2.24, 2.45) is 5.16 Å². The molecule has 2 heterocycles. The van der Waals surface area contributed by atoms with E-state index in [2.05, 4.69) is 41.0 Å². The molecule has 124 valence electrons. The lowest BCUT2D eigenvalue weighted by Gasteiger charge is -2.12. The maximum atomic E-state index is 9.22. The number of benzene rings is 1. The lowest BCUT2D eigenvalue weighted by atomic mass is 9.96. The number of aromatic nitrogens is 2. The molecule has 1 atom stereocenters. The predicted octanol–water partition coefficient (Wildman–Crippen LogP) is 4.12. The van der Waals surface area contributed by atoms with Crippen molar-refractivity contribution in [1.82, 2.24) is 9.78 Å². The van der Waals surface area contributed by atoms with Gasteiger partial charge in [-0.25, -0.2) is 0 Å². The summed E-state index contributed by atoms with van der Waals surface area (Å²) < 4.78 is 2.23. The third-order valence-corrected chi connectivity index (χ3v) is 5.22. The molecule has 1 saturated carbocycles. The average molecular weight is 322 g/mol. The van der Waals surface area contributed by atoms with E-state index in [-0.39, 0.29) is 0 Å². The molecule has 0 saturated heterocycles. The molecule has 4 rings (SSSR count). The number of hydrogen-bond donors (Lipinski definition) is 0. The van der Waals surface area contributed by atoms with Crippen molar-refractivity contribution in [3.63, 3.8) is 0 Å². The van der Waals surface area contributed by atoms with E-state index in [4.69, 9.17) is 9.94 Å². The SMILES string of the molecule is CCc1nn(C2CCCC2)c2cc(C3=NOC(C)(C#N)C3)ccc12. The van der Waals surface area contributed by atoms with Crippen molar-refractivity contribution >= 4 is 16.6 Å². The van der Waals surface area contributed by atoms with E-state index in [1.807, 2.05) is 0 Å². The molecule has 24 heavy (non-hydrogen) atoms. The Hall–Kier alpha value is -2.35. The number of nitriles is 1. The van der Waals surface area contributed by atoms with Gasteiger partial charge in [-0.05, 0) is 32.3 Å². The van der Waals surface area contributed by atoms with Crippen molar-refractivity contribution in [2.45, 2.75) is 64.0 Å². The highest BCUT2D eigenvalue weighted by atomic mass is 16.7. The fraction of sp³-hybridized carbons (Fsp3) is 0.526. The second-order valence-corrected chi connectivity index (χ2v) is 7.06. The second kappa shape index (κ2) is 5.62. The van der Waals surface area contributed by atoms with Gasteiger partial charge in [0.2, 0.25) is 5.60 Å². The topological polar surface area (TPSA) is 63.2 Å². The molecule has 5 nitrogen and oxygen atoms in total. The van der Waals surface area contributed by atoms with Crippen molar-refractivity contribution < 1.29 is 4.84 Å². The predicted molar refractivity (Wildman–Crippen MR) is 92.9 cm³/mol. The Morgan fingerprint density at radius 1 is 1.38 bits per heavy atom. The number of oxime groups is 1. The highest BCUT2D eigenvalue weighted by Crippen LogP contribution is 2.34. The van der Waals surface area contributed by atoms with Gasteiger partial charge in [0.25, 0.3) is 0 Å². The molecule has 0 N–H and O–H groups in total. The Morgan fingerprint density at radius 3 is 2.83 bits per heavy atom. The van der Waals surface area contributed by atoms with Crippen LogP contribution in [0.1, 0.15) is 63.3 Å². The van der Waals surface area contributed by atoms with E-state index in [0.717, 1.165) is 23.4 Å². The summed E-state index contributed by atoms with van der Waals surface area (Å²) >= 11 is 0. The Balaban J connectivity index is 1.77. The van der Waals surface area contributed by atoms with Crippen molar-refractivity contribution in [3.05, 3.63) is 29.5 Å². The molecule has 1 fully saturated rings. The van der Waals surface area contributed by atoms with Gasteiger partial charge in [0.15, 0.2) is 0 Å². The van der Waals surface area contributed by atoms with Crippen LogP contribution < -0.4 is 0 Å². The first kappa shape index (κ1) is 15.2. The summed E-state index contributed by atoms with van der Waals surface area (Å²) in [4.78, 5) is 5.33. The third kappa shape index (κ3) is 2.37. The summed E-state index contributed by atoms with van der Waals surface area (Å²) in [5.41, 5.74) is 3.38. The van der Waals surface area contributed by atoms with Crippen LogP contribution in [-0.4, -0.2) is 21.1 Å². The molecule has 1 aromatic carbocycles. The van der Waals surface area contributed by atoms with E-state index in [0.29, 0.717) is 12.5 Å². The van der Waals surface area contributed by atoms with E-state index >= 15 is 0 Å². The van der Waals surface area contributed by atoms with Crippen LogP contribution in [-0.2, 0) is 11.3 Å². The lowest BCUT2D eigenvalue weighted by Crippen LogP contribution is -2.21.